The summed E-state index contributed by atoms with van der Waals surface area (Å²) < 4.78 is 24.3. The number of benzene rings is 2. The number of halogens is 2. The summed E-state index contributed by atoms with van der Waals surface area (Å²) in [7, 11) is 0. The van der Waals surface area contributed by atoms with Gasteiger partial charge in [0.15, 0.2) is 11.5 Å². The SMILES string of the molecule is CCOc1cc(CNCC(=O)O)cc(Cl)c1OCc1ccc(F)cc1. The monoisotopic (exact) mass is 367 g/mol. The van der Waals surface area contributed by atoms with Crippen LogP contribution < -0.4 is 14.8 Å². The average molecular weight is 368 g/mol. The Balaban J connectivity index is 2.12. The summed E-state index contributed by atoms with van der Waals surface area (Å²) >= 11 is 6.29. The number of ether oxygens (including phenoxy) is 2. The Hall–Kier alpha value is -2.31. The van der Waals surface area contributed by atoms with E-state index >= 15 is 0 Å². The molecule has 0 aliphatic heterocycles. The number of aliphatic carboxylic acids is 1. The summed E-state index contributed by atoms with van der Waals surface area (Å²) in [6.07, 6.45) is 0. The van der Waals surface area contributed by atoms with Crippen LogP contribution in [0.25, 0.3) is 0 Å². The third-order valence-electron chi connectivity index (χ3n) is 3.27. The zero-order valence-corrected chi connectivity index (χ0v) is 14.5. The molecular formula is C18H19ClFNO4. The number of rotatable bonds is 9. The fraction of sp³-hybridized carbons (Fsp3) is 0.278. The van der Waals surface area contributed by atoms with Crippen molar-refractivity contribution in [3.05, 3.63) is 58.4 Å². The van der Waals surface area contributed by atoms with Crippen LogP contribution in [0.5, 0.6) is 11.5 Å². The summed E-state index contributed by atoms with van der Waals surface area (Å²) in [4.78, 5) is 10.6. The minimum Gasteiger partial charge on any atom is -0.490 e. The molecule has 134 valence electrons. The Labute approximate surface area is 150 Å². The molecule has 2 rings (SSSR count). The van der Waals surface area contributed by atoms with Gasteiger partial charge in [0.2, 0.25) is 0 Å². The average Bonchev–Trinajstić information content (AvgIpc) is 2.55. The Morgan fingerprint density at radius 1 is 1.20 bits per heavy atom. The summed E-state index contributed by atoms with van der Waals surface area (Å²) in [5, 5.41) is 11.8. The van der Waals surface area contributed by atoms with Crippen LogP contribution in [0.4, 0.5) is 4.39 Å². The van der Waals surface area contributed by atoms with Gasteiger partial charge >= 0.3 is 5.97 Å². The van der Waals surface area contributed by atoms with E-state index in [0.717, 1.165) is 11.1 Å². The van der Waals surface area contributed by atoms with Gasteiger partial charge in [0, 0.05) is 6.54 Å². The van der Waals surface area contributed by atoms with Gasteiger partial charge in [-0.15, -0.1) is 0 Å². The number of hydrogen-bond donors (Lipinski definition) is 2. The summed E-state index contributed by atoms with van der Waals surface area (Å²) in [5.74, 6) is -0.371. The normalized spacial score (nSPS) is 10.5. The van der Waals surface area contributed by atoms with Crippen LogP contribution in [-0.4, -0.2) is 24.2 Å². The van der Waals surface area contributed by atoms with Crippen molar-refractivity contribution >= 4 is 17.6 Å². The van der Waals surface area contributed by atoms with Crippen LogP contribution in [-0.2, 0) is 17.9 Å². The summed E-state index contributed by atoms with van der Waals surface area (Å²) in [5.41, 5.74) is 1.58. The van der Waals surface area contributed by atoms with Gasteiger partial charge in [0.05, 0.1) is 18.2 Å². The van der Waals surface area contributed by atoms with E-state index in [9.17, 15) is 9.18 Å². The molecule has 0 saturated heterocycles. The zero-order valence-electron chi connectivity index (χ0n) is 13.7. The van der Waals surface area contributed by atoms with E-state index in [1.807, 2.05) is 6.92 Å². The minimum atomic E-state index is -0.935. The maximum absolute atomic E-state index is 13.0. The molecule has 0 aliphatic rings. The number of carbonyl (C=O) groups is 1. The number of nitrogens with one attached hydrogen (secondary N) is 1. The lowest BCUT2D eigenvalue weighted by atomic mass is 10.2. The first-order valence-corrected chi connectivity index (χ1v) is 8.12. The quantitative estimate of drug-likeness (QED) is 0.708. The Morgan fingerprint density at radius 3 is 2.56 bits per heavy atom. The largest absolute Gasteiger partial charge is 0.490 e. The molecule has 0 bridgehead atoms. The van der Waals surface area contributed by atoms with E-state index in [1.54, 1.807) is 24.3 Å². The van der Waals surface area contributed by atoms with Crippen molar-refractivity contribution in [1.29, 1.82) is 0 Å². The Morgan fingerprint density at radius 2 is 1.92 bits per heavy atom. The van der Waals surface area contributed by atoms with Crippen molar-refractivity contribution in [3.8, 4) is 11.5 Å². The molecule has 0 radical (unpaired) electrons. The Kier molecular flexibility index (Phi) is 7.03. The minimum absolute atomic E-state index is 0.148. The van der Waals surface area contributed by atoms with Crippen LogP contribution >= 0.6 is 11.6 Å². The second-order valence-electron chi connectivity index (χ2n) is 5.25. The Bertz CT molecular complexity index is 722. The standard InChI is InChI=1S/C18H19ClFNO4/c1-2-24-16-8-13(9-21-10-17(22)23)7-15(19)18(16)25-11-12-3-5-14(20)6-4-12/h3-8,21H,2,9-11H2,1H3,(H,22,23). The highest BCUT2D eigenvalue weighted by Crippen LogP contribution is 2.37. The number of carboxylic acids is 1. The van der Waals surface area contributed by atoms with Gasteiger partial charge in [-0.3, -0.25) is 4.79 Å². The first kappa shape index (κ1) is 19.0. The van der Waals surface area contributed by atoms with Crippen LogP contribution in [0.2, 0.25) is 5.02 Å². The van der Waals surface area contributed by atoms with Crippen molar-refractivity contribution in [2.45, 2.75) is 20.1 Å². The topological polar surface area (TPSA) is 67.8 Å². The molecule has 5 nitrogen and oxygen atoms in total. The molecule has 0 spiro atoms. The van der Waals surface area contributed by atoms with Gasteiger partial charge in [-0.25, -0.2) is 4.39 Å². The summed E-state index contributed by atoms with van der Waals surface area (Å²) in [6, 6.07) is 9.44. The molecule has 0 unspecified atom stereocenters. The van der Waals surface area contributed by atoms with Crippen LogP contribution in [0.3, 0.4) is 0 Å². The van der Waals surface area contributed by atoms with Gasteiger partial charge in [0.25, 0.3) is 0 Å². The van der Waals surface area contributed by atoms with Gasteiger partial charge < -0.3 is 19.9 Å². The van der Waals surface area contributed by atoms with Gasteiger partial charge in [-0.1, -0.05) is 23.7 Å². The second kappa shape index (κ2) is 9.25. The van der Waals surface area contributed by atoms with Crippen LogP contribution in [0.1, 0.15) is 18.1 Å². The molecule has 0 saturated carbocycles. The highest BCUT2D eigenvalue weighted by molar-refractivity contribution is 6.32. The highest BCUT2D eigenvalue weighted by atomic mass is 35.5. The molecule has 0 fully saturated rings. The van der Waals surface area contributed by atoms with Gasteiger partial charge in [-0.05, 0) is 42.3 Å². The molecule has 0 aromatic heterocycles. The maximum Gasteiger partial charge on any atom is 0.317 e. The van der Waals surface area contributed by atoms with Gasteiger partial charge in [0.1, 0.15) is 12.4 Å². The molecule has 2 N–H and O–H groups in total. The third-order valence-corrected chi connectivity index (χ3v) is 3.55. The van der Waals surface area contributed by atoms with Gasteiger partial charge in [-0.2, -0.15) is 0 Å². The zero-order chi connectivity index (χ0) is 18.2. The van der Waals surface area contributed by atoms with Crippen molar-refractivity contribution in [1.82, 2.24) is 5.32 Å². The van der Waals surface area contributed by atoms with Crippen LogP contribution in [0.15, 0.2) is 36.4 Å². The smallest absolute Gasteiger partial charge is 0.317 e. The summed E-state index contributed by atoms with van der Waals surface area (Å²) in [6.45, 7) is 2.67. The van der Waals surface area contributed by atoms with E-state index in [-0.39, 0.29) is 19.0 Å². The lowest BCUT2D eigenvalue weighted by Gasteiger charge is -2.15. The maximum atomic E-state index is 13.0. The van der Waals surface area contributed by atoms with E-state index in [1.165, 1.54) is 12.1 Å². The lowest BCUT2D eigenvalue weighted by Crippen LogP contribution is -2.21. The molecule has 2 aromatic carbocycles. The molecule has 7 heteroatoms. The van der Waals surface area contributed by atoms with E-state index in [0.29, 0.717) is 29.7 Å². The molecule has 0 heterocycles. The fourth-order valence-electron chi connectivity index (χ4n) is 2.18. The molecule has 0 atom stereocenters. The van der Waals surface area contributed by atoms with E-state index in [2.05, 4.69) is 5.32 Å². The predicted octanol–water partition coefficient (Wildman–Crippen LogP) is 3.63. The highest BCUT2D eigenvalue weighted by Gasteiger charge is 2.13. The van der Waals surface area contributed by atoms with Crippen molar-refractivity contribution < 1.29 is 23.8 Å². The molecule has 0 amide bonds. The number of carboxylic acid groups (broad SMARTS) is 1. The van der Waals surface area contributed by atoms with Crippen molar-refractivity contribution in [3.63, 3.8) is 0 Å². The molecule has 2 aromatic rings. The van der Waals surface area contributed by atoms with E-state index in [4.69, 9.17) is 26.2 Å². The fourth-order valence-corrected chi connectivity index (χ4v) is 2.46. The lowest BCUT2D eigenvalue weighted by molar-refractivity contribution is -0.135. The van der Waals surface area contributed by atoms with E-state index < -0.39 is 5.97 Å². The third kappa shape index (κ3) is 5.92. The predicted molar refractivity (Wildman–Crippen MR) is 92.7 cm³/mol. The molecule has 25 heavy (non-hydrogen) atoms. The van der Waals surface area contributed by atoms with Crippen molar-refractivity contribution in [2.75, 3.05) is 13.2 Å². The first-order valence-electron chi connectivity index (χ1n) is 7.74. The second-order valence-corrected chi connectivity index (χ2v) is 5.66. The number of hydrogen-bond acceptors (Lipinski definition) is 4. The molecular weight excluding hydrogens is 349 g/mol. The van der Waals surface area contributed by atoms with Crippen LogP contribution in [0, 0.1) is 5.82 Å². The van der Waals surface area contributed by atoms with Crippen molar-refractivity contribution in [2.24, 2.45) is 0 Å². The first-order chi connectivity index (χ1) is 12.0. The molecule has 0 aliphatic carbocycles.